The molecule has 0 bridgehead atoms. The predicted octanol–water partition coefficient (Wildman–Crippen LogP) is 7.91. The third-order valence-corrected chi connectivity index (χ3v) is 7.29. The maximum absolute atomic E-state index is 5.96. The lowest BCUT2D eigenvalue weighted by atomic mass is 9.96. The fraction of sp³-hybridized carbons (Fsp3) is 0.250. The summed E-state index contributed by atoms with van der Waals surface area (Å²) in [6, 6.07) is 17.3. The largest absolute Gasteiger partial charge is 0.347 e. The molecule has 0 unspecified atom stereocenters. The van der Waals surface area contributed by atoms with Gasteiger partial charge >= 0.3 is 0 Å². The van der Waals surface area contributed by atoms with Crippen LogP contribution in [0.15, 0.2) is 57.5 Å². The van der Waals surface area contributed by atoms with Crippen molar-refractivity contribution in [2.45, 2.75) is 20.1 Å². The van der Waals surface area contributed by atoms with Crippen molar-refractivity contribution in [1.82, 2.24) is 0 Å². The quantitative estimate of drug-likeness (QED) is 0.261. The third kappa shape index (κ3) is 3.79. The molecule has 0 amide bonds. The molecular weight excluding hydrogens is 512 g/mol. The lowest BCUT2D eigenvalue weighted by Gasteiger charge is -2.34. The average Bonchev–Trinajstić information content (AvgIpc) is 3.25. The molecule has 3 aromatic rings. The van der Waals surface area contributed by atoms with E-state index < -0.39 is 0 Å². The summed E-state index contributed by atoms with van der Waals surface area (Å²) in [4.78, 5) is 2.33. The van der Waals surface area contributed by atoms with Gasteiger partial charge in [-0.2, -0.15) is 0 Å². The van der Waals surface area contributed by atoms with Crippen molar-refractivity contribution in [2.75, 3.05) is 13.2 Å². The Morgan fingerprint density at radius 1 is 0.862 bits per heavy atom. The summed E-state index contributed by atoms with van der Waals surface area (Å²) in [6.45, 7) is 5.77. The second-order valence-electron chi connectivity index (χ2n) is 8.30. The van der Waals surface area contributed by atoms with Gasteiger partial charge in [-0.15, -0.1) is 11.3 Å². The zero-order valence-corrected chi connectivity index (χ0v) is 20.2. The number of halogens is 2. The number of benzene rings is 2. The molecule has 5 heteroatoms. The number of rotatable bonds is 2. The molecule has 5 rings (SSSR count). The Bertz CT molecular complexity index is 1070. The Morgan fingerprint density at radius 3 is 2.03 bits per heavy atom. The van der Waals surface area contributed by atoms with E-state index in [1.54, 1.807) is 11.3 Å². The molecule has 0 N–H and O–H groups in total. The van der Waals surface area contributed by atoms with Crippen molar-refractivity contribution in [3.63, 3.8) is 0 Å². The smallest absolute Gasteiger partial charge is 0.193 e. The Labute approximate surface area is 191 Å². The fourth-order valence-electron chi connectivity index (χ4n) is 3.82. The van der Waals surface area contributed by atoms with Crippen molar-refractivity contribution in [3.8, 4) is 11.1 Å². The second kappa shape index (κ2) is 7.47. The van der Waals surface area contributed by atoms with Crippen LogP contribution in [0.2, 0.25) is 0 Å². The summed E-state index contributed by atoms with van der Waals surface area (Å²) < 4.78 is 14.1. The molecular formula is C24H20Br2O2S. The zero-order valence-electron chi connectivity index (χ0n) is 16.2. The Kier molecular flexibility index (Phi) is 5.08. The number of hydrogen-bond acceptors (Lipinski definition) is 3. The van der Waals surface area contributed by atoms with Gasteiger partial charge in [0.2, 0.25) is 0 Å². The van der Waals surface area contributed by atoms with Crippen LogP contribution in [0.3, 0.4) is 0 Å². The molecule has 148 valence electrons. The van der Waals surface area contributed by atoms with E-state index in [1.165, 1.54) is 32.7 Å². The van der Waals surface area contributed by atoms with E-state index >= 15 is 0 Å². The van der Waals surface area contributed by atoms with Crippen LogP contribution < -0.4 is 0 Å². The third-order valence-electron chi connectivity index (χ3n) is 5.25. The van der Waals surface area contributed by atoms with Gasteiger partial charge in [-0.1, -0.05) is 57.8 Å². The van der Waals surface area contributed by atoms with Crippen LogP contribution in [0.1, 0.15) is 41.0 Å². The first-order valence-electron chi connectivity index (χ1n) is 9.54. The lowest BCUT2D eigenvalue weighted by molar-refractivity contribution is -0.224. The van der Waals surface area contributed by atoms with Gasteiger partial charge in [0, 0.05) is 19.2 Å². The maximum atomic E-state index is 5.96. The van der Waals surface area contributed by atoms with Crippen LogP contribution in [0, 0.1) is 5.41 Å². The first-order chi connectivity index (χ1) is 13.9. The summed E-state index contributed by atoms with van der Waals surface area (Å²) in [5, 5.41) is 0. The van der Waals surface area contributed by atoms with Gasteiger partial charge in [0.05, 0.1) is 18.1 Å². The SMILES string of the molecule is CC1(C)COC(c2ccc(C=C3c4ccc(Br)cc4-c4cc(Br)ccc43)s2)OC1. The average molecular weight is 532 g/mol. The Morgan fingerprint density at radius 2 is 1.45 bits per heavy atom. The van der Waals surface area contributed by atoms with Gasteiger partial charge in [-0.05, 0) is 70.3 Å². The zero-order chi connectivity index (χ0) is 20.2. The molecule has 1 aromatic heterocycles. The molecule has 2 aromatic carbocycles. The highest BCUT2D eigenvalue weighted by atomic mass is 79.9. The highest BCUT2D eigenvalue weighted by Crippen LogP contribution is 2.47. The molecule has 1 fully saturated rings. The second-order valence-corrected chi connectivity index (χ2v) is 11.3. The van der Waals surface area contributed by atoms with E-state index in [-0.39, 0.29) is 11.7 Å². The summed E-state index contributed by atoms with van der Waals surface area (Å²) >= 11 is 8.98. The van der Waals surface area contributed by atoms with Gasteiger partial charge in [0.1, 0.15) is 0 Å². The van der Waals surface area contributed by atoms with Crippen LogP contribution in [0.5, 0.6) is 0 Å². The lowest BCUT2D eigenvalue weighted by Crippen LogP contribution is -2.33. The predicted molar refractivity (Wildman–Crippen MR) is 127 cm³/mol. The van der Waals surface area contributed by atoms with Gasteiger partial charge < -0.3 is 9.47 Å². The molecule has 1 aliphatic heterocycles. The van der Waals surface area contributed by atoms with Crippen molar-refractivity contribution >= 4 is 54.8 Å². The van der Waals surface area contributed by atoms with Crippen molar-refractivity contribution < 1.29 is 9.47 Å². The molecule has 2 heterocycles. The van der Waals surface area contributed by atoms with Crippen LogP contribution in [0.25, 0.3) is 22.8 Å². The van der Waals surface area contributed by atoms with Crippen LogP contribution >= 0.6 is 43.2 Å². The number of hydrogen-bond donors (Lipinski definition) is 0. The van der Waals surface area contributed by atoms with Crippen molar-refractivity contribution in [2.24, 2.45) is 5.41 Å². The van der Waals surface area contributed by atoms with Crippen LogP contribution in [-0.4, -0.2) is 13.2 Å². The maximum Gasteiger partial charge on any atom is 0.193 e. The van der Waals surface area contributed by atoms with Crippen LogP contribution in [0.4, 0.5) is 0 Å². The summed E-state index contributed by atoms with van der Waals surface area (Å²) in [7, 11) is 0. The highest BCUT2D eigenvalue weighted by molar-refractivity contribution is 9.10. The normalized spacial score (nSPS) is 17.9. The molecule has 1 saturated heterocycles. The monoisotopic (exact) mass is 530 g/mol. The van der Waals surface area contributed by atoms with E-state index in [1.807, 2.05) is 0 Å². The standard InChI is InChI=1S/C24H20Br2O2S/c1-24(2)12-27-23(28-13-24)22-8-5-16(29-22)11-21-17-6-3-14(25)9-19(17)20-10-15(26)4-7-18(20)21/h3-11,23H,12-13H2,1-2H3. The van der Waals surface area contributed by atoms with E-state index in [0.717, 1.165) is 27.0 Å². The summed E-state index contributed by atoms with van der Waals surface area (Å²) in [5.74, 6) is 0. The Hall–Kier alpha value is -1.24. The molecule has 29 heavy (non-hydrogen) atoms. The van der Waals surface area contributed by atoms with Gasteiger partial charge in [-0.3, -0.25) is 0 Å². The minimum Gasteiger partial charge on any atom is -0.347 e. The molecule has 0 spiro atoms. The van der Waals surface area contributed by atoms with E-state index in [9.17, 15) is 0 Å². The van der Waals surface area contributed by atoms with Crippen LogP contribution in [-0.2, 0) is 9.47 Å². The first kappa shape index (κ1) is 19.7. The first-order valence-corrected chi connectivity index (χ1v) is 11.9. The van der Waals surface area contributed by atoms with Gasteiger partial charge in [0.25, 0.3) is 0 Å². The number of fused-ring (bicyclic) bond motifs is 3. The Balaban J connectivity index is 1.51. The van der Waals surface area contributed by atoms with E-state index in [2.05, 4.69) is 100 Å². The molecule has 1 aliphatic carbocycles. The van der Waals surface area contributed by atoms with Gasteiger partial charge in [0.15, 0.2) is 6.29 Å². The molecule has 0 atom stereocenters. The number of thiophene rings is 1. The summed E-state index contributed by atoms with van der Waals surface area (Å²) in [5.41, 5.74) is 6.40. The topological polar surface area (TPSA) is 18.5 Å². The van der Waals surface area contributed by atoms with Gasteiger partial charge in [-0.25, -0.2) is 0 Å². The molecule has 2 aliphatic rings. The highest BCUT2D eigenvalue weighted by Gasteiger charge is 2.30. The molecule has 0 radical (unpaired) electrons. The minimum atomic E-state index is -0.254. The molecule has 2 nitrogen and oxygen atoms in total. The fourth-order valence-corrected chi connectivity index (χ4v) is 5.50. The van der Waals surface area contributed by atoms with Crippen molar-refractivity contribution in [1.29, 1.82) is 0 Å². The molecule has 0 saturated carbocycles. The summed E-state index contributed by atoms with van der Waals surface area (Å²) in [6.07, 6.45) is 2.03. The van der Waals surface area contributed by atoms with E-state index in [4.69, 9.17) is 9.47 Å². The minimum absolute atomic E-state index is 0.0817. The number of ether oxygens (including phenoxy) is 2. The van der Waals surface area contributed by atoms with Crippen molar-refractivity contribution in [3.05, 3.63) is 78.4 Å². The van der Waals surface area contributed by atoms with E-state index in [0.29, 0.717) is 0 Å².